The van der Waals surface area contributed by atoms with Gasteiger partial charge in [-0.1, -0.05) is 65.7 Å². The zero-order valence-electron chi connectivity index (χ0n) is 22.9. The van der Waals surface area contributed by atoms with Crippen molar-refractivity contribution in [3.8, 4) is 5.75 Å². The quantitative estimate of drug-likeness (QED) is 0.195. The normalized spacial score (nSPS) is 16.6. The van der Waals surface area contributed by atoms with Crippen LogP contribution >= 0.6 is 23.2 Å². The van der Waals surface area contributed by atoms with Crippen molar-refractivity contribution in [3.05, 3.63) is 129 Å². The second-order valence-electron chi connectivity index (χ2n) is 11.6. The number of imidazole rings is 1. The third-order valence-electron chi connectivity index (χ3n) is 8.66. The van der Waals surface area contributed by atoms with Crippen molar-refractivity contribution in [2.24, 2.45) is 0 Å². The highest BCUT2D eigenvalue weighted by Crippen LogP contribution is 2.44. The summed E-state index contributed by atoms with van der Waals surface area (Å²) in [7, 11) is 0. The van der Waals surface area contributed by atoms with E-state index in [9.17, 15) is 5.11 Å². The van der Waals surface area contributed by atoms with Crippen molar-refractivity contribution < 1.29 is 5.11 Å². The molecule has 1 saturated heterocycles. The van der Waals surface area contributed by atoms with Crippen LogP contribution in [-0.4, -0.2) is 32.6 Å². The fourth-order valence-electron chi connectivity index (χ4n) is 6.46. The maximum atomic E-state index is 9.89. The summed E-state index contributed by atoms with van der Waals surface area (Å²) in [5.74, 6) is 2.23. The van der Waals surface area contributed by atoms with E-state index in [1.807, 2.05) is 36.4 Å². The Kier molecular flexibility index (Phi) is 7.24. The number of hydrogen-bond donors (Lipinski definition) is 1. The van der Waals surface area contributed by atoms with Crippen molar-refractivity contribution in [1.29, 1.82) is 0 Å². The molecule has 1 aliphatic heterocycles. The molecule has 5 aromatic rings. The molecule has 1 saturated carbocycles. The predicted molar refractivity (Wildman–Crippen MR) is 167 cm³/mol. The average molecular weight is 583 g/mol. The van der Waals surface area contributed by atoms with Gasteiger partial charge in [-0.2, -0.15) is 0 Å². The number of benzene rings is 4. The van der Waals surface area contributed by atoms with Crippen molar-refractivity contribution in [1.82, 2.24) is 14.5 Å². The number of aromatic hydroxyl groups is 1. The highest BCUT2D eigenvalue weighted by Gasteiger charge is 2.33. The lowest BCUT2D eigenvalue weighted by molar-refractivity contribution is 0.179. The molecule has 0 unspecified atom stereocenters. The summed E-state index contributed by atoms with van der Waals surface area (Å²) in [6.07, 6.45) is 4.63. The number of halogens is 2. The number of fused-ring (bicyclic) bond motifs is 1. The fraction of sp³-hybridized carbons (Fsp3) is 0.286. The van der Waals surface area contributed by atoms with E-state index in [0.717, 1.165) is 53.6 Å². The Morgan fingerprint density at radius 1 is 0.756 bits per heavy atom. The topological polar surface area (TPSA) is 41.3 Å². The summed E-state index contributed by atoms with van der Waals surface area (Å²) < 4.78 is 2.59. The fourth-order valence-corrected chi connectivity index (χ4v) is 6.71. The molecule has 1 N–H and O–H groups in total. The number of aromatic nitrogens is 2. The molecular formula is C35H33Cl2N3O. The van der Waals surface area contributed by atoms with Gasteiger partial charge in [-0.3, -0.25) is 4.90 Å². The van der Waals surface area contributed by atoms with Crippen LogP contribution in [-0.2, 0) is 6.54 Å². The largest absolute Gasteiger partial charge is 0.508 e. The van der Waals surface area contributed by atoms with Gasteiger partial charge in [0.1, 0.15) is 11.6 Å². The minimum absolute atomic E-state index is 0.0609. The van der Waals surface area contributed by atoms with E-state index in [4.69, 9.17) is 28.2 Å². The minimum atomic E-state index is 0.0609. The molecule has 0 spiro atoms. The molecule has 208 valence electrons. The molecule has 4 nitrogen and oxygen atoms in total. The Bertz CT molecular complexity index is 1620. The van der Waals surface area contributed by atoms with Crippen molar-refractivity contribution in [2.45, 2.75) is 50.1 Å². The summed E-state index contributed by atoms with van der Waals surface area (Å²) in [6.45, 7) is 2.93. The molecule has 2 fully saturated rings. The van der Waals surface area contributed by atoms with Crippen LogP contribution in [0.5, 0.6) is 5.75 Å². The van der Waals surface area contributed by atoms with E-state index in [1.54, 1.807) is 6.07 Å². The smallest absolute Gasteiger partial charge is 0.115 e. The van der Waals surface area contributed by atoms with Gasteiger partial charge in [-0.05, 0) is 96.5 Å². The van der Waals surface area contributed by atoms with Crippen molar-refractivity contribution in [3.63, 3.8) is 0 Å². The van der Waals surface area contributed by atoms with Crippen LogP contribution in [0.1, 0.15) is 71.6 Å². The lowest BCUT2D eigenvalue weighted by Gasteiger charge is -2.34. The van der Waals surface area contributed by atoms with E-state index >= 15 is 0 Å². The Balaban J connectivity index is 1.23. The summed E-state index contributed by atoms with van der Waals surface area (Å²) in [5, 5.41) is 11.4. The van der Waals surface area contributed by atoms with Gasteiger partial charge in [-0.25, -0.2) is 4.98 Å². The van der Waals surface area contributed by atoms with Crippen LogP contribution in [0.4, 0.5) is 0 Å². The zero-order valence-corrected chi connectivity index (χ0v) is 24.4. The van der Waals surface area contributed by atoms with Gasteiger partial charge in [-0.15, -0.1) is 0 Å². The number of phenols is 1. The Morgan fingerprint density at radius 3 is 2.00 bits per heavy atom. The van der Waals surface area contributed by atoms with Crippen LogP contribution in [0.25, 0.3) is 11.0 Å². The molecule has 0 amide bonds. The van der Waals surface area contributed by atoms with Crippen LogP contribution in [0, 0.1) is 0 Å². The Morgan fingerprint density at radius 2 is 1.39 bits per heavy atom. The number of nitrogens with zero attached hydrogens (tertiary/aromatic N) is 3. The standard InChI is InChI=1S/C35H33Cl2N3O/c36-28-11-6-24(7-12-28)34(25-8-13-29(37)14-9-25)27-10-15-32-33(21-27)40(35(38-32)26-4-5-26)30-16-18-39(19-17-30)22-23-2-1-3-31(41)20-23/h1-3,6-15,20-21,26,30,34,41H,4-5,16-19,22H2. The monoisotopic (exact) mass is 581 g/mol. The number of likely N-dealkylation sites (tertiary alicyclic amines) is 1. The van der Waals surface area contributed by atoms with Gasteiger partial charge in [0.2, 0.25) is 0 Å². The Hall–Kier alpha value is -3.31. The van der Waals surface area contributed by atoms with Crippen molar-refractivity contribution in [2.75, 3.05) is 13.1 Å². The molecule has 2 heterocycles. The van der Waals surface area contributed by atoms with E-state index in [-0.39, 0.29) is 5.92 Å². The zero-order chi connectivity index (χ0) is 27.9. The lowest BCUT2D eigenvalue weighted by atomic mass is 9.85. The van der Waals surface area contributed by atoms with Gasteiger partial charge >= 0.3 is 0 Å². The maximum Gasteiger partial charge on any atom is 0.115 e. The molecule has 4 aromatic carbocycles. The average Bonchev–Trinajstić information content (AvgIpc) is 3.76. The highest BCUT2D eigenvalue weighted by atomic mass is 35.5. The van der Waals surface area contributed by atoms with Gasteiger partial charge in [0.15, 0.2) is 0 Å². The first-order chi connectivity index (χ1) is 20.0. The van der Waals surface area contributed by atoms with Crippen LogP contribution in [0.2, 0.25) is 10.0 Å². The van der Waals surface area contributed by atoms with Gasteiger partial charge in [0.25, 0.3) is 0 Å². The van der Waals surface area contributed by atoms with E-state index in [1.165, 1.54) is 40.9 Å². The maximum absolute atomic E-state index is 9.89. The number of hydrogen-bond acceptors (Lipinski definition) is 3. The van der Waals surface area contributed by atoms with Gasteiger partial charge in [0.05, 0.1) is 11.0 Å². The number of phenolic OH excluding ortho intramolecular Hbond substituents is 1. The molecule has 41 heavy (non-hydrogen) atoms. The molecule has 2 aliphatic rings. The van der Waals surface area contributed by atoms with E-state index in [2.05, 4.69) is 58.0 Å². The first-order valence-electron chi connectivity index (χ1n) is 14.5. The second-order valence-corrected chi connectivity index (χ2v) is 12.4. The SMILES string of the molecule is Oc1cccc(CN2CCC(n3c(C4CC4)nc4ccc(C(c5ccc(Cl)cc5)c5ccc(Cl)cc5)cc43)CC2)c1. The highest BCUT2D eigenvalue weighted by molar-refractivity contribution is 6.30. The summed E-state index contributed by atoms with van der Waals surface area (Å²) in [4.78, 5) is 7.71. The first-order valence-corrected chi connectivity index (χ1v) is 15.3. The molecule has 0 atom stereocenters. The minimum Gasteiger partial charge on any atom is -0.508 e. The van der Waals surface area contributed by atoms with Crippen LogP contribution < -0.4 is 0 Å². The first kappa shape index (κ1) is 26.6. The van der Waals surface area contributed by atoms with Crippen LogP contribution in [0.3, 0.4) is 0 Å². The van der Waals surface area contributed by atoms with E-state index < -0.39 is 0 Å². The number of rotatable bonds is 7. The predicted octanol–water partition coefficient (Wildman–Crippen LogP) is 8.94. The lowest BCUT2D eigenvalue weighted by Crippen LogP contribution is -2.34. The van der Waals surface area contributed by atoms with E-state index in [0.29, 0.717) is 17.7 Å². The second kappa shape index (κ2) is 11.2. The third-order valence-corrected chi connectivity index (χ3v) is 9.17. The molecule has 7 rings (SSSR count). The summed E-state index contributed by atoms with van der Waals surface area (Å²) in [6, 6.07) is 31.3. The molecule has 0 bridgehead atoms. The molecule has 1 aromatic heterocycles. The van der Waals surface area contributed by atoms with Gasteiger partial charge in [0, 0.05) is 47.6 Å². The molecule has 0 radical (unpaired) electrons. The third kappa shape index (κ3) is 5.61. The number of piperidine rings is 1. The molecular weight excluding hydrogens is 549 g/mol. The van der Waals surface area contributed by atoms with Crippen LogP contribution in [0.15, 0.2) is 91.0 Å². The summed E-state index contributed by atoms with van der Waals surface area (Å²) >= 11 is 12.5. The molecule has 1 aliphatic carbocycles. The Labute approximate surface area is 251 Å². The molecule has 6 heteroatoms. The van der Waals surface area contributed by atoms with Crippen molar-refractivity contribution >= 4 is 34.2 Å². The van der Waals surface area contributed by atoms with Gasteiger partial charge < -0.3 is 9.67 Å². The summed E-state index contributed by atoms with van der Waals surface area (Å²) in [5.41, 5.74) is 7.13.